The number of nitrogens with zero attached hydrogens (tertiary/aromatic N) is 2. The van der Waals surface area contributed by atoms with Gasteiger partial charge in [0, 0.05) is 47.0 Å². The molecule has 7 aliphatic rings. The van der Waals surface area contributed by atoms with Crippen molar-refractivity contribution in [3.8, 4) is 34.5 Å². The van der Waals surface area contributed by atoms with Crippen molar-refractivity contribution in [2.24, 2.45) is 0 Å². The number of likely N-dealkylation sites (N-methyl/N-ethyl adjacent to an activating group) is 1. The van der Waals surface area contributed by atoms with Gasteiger partial charge >= 0.3 is 11.9 Å². The van der Waals surface area contributed by atoms with Crippen LogP contribution in [-0.4, -0.2) is 94.7 Å². The fourth-order valence-electron chi connectivity index (χ4n) is 10.4. The number of aryl methyl sites for hydroxylation is 2. The number of carbonyl (C=O) groups excluding carboxylic acids is 2. The zero-order valence-corrected chi connectivity index (χ0v) is 32.8. The van der Waals surface area contributed by atoms with Gasteiger partial charge in [0.1, 0.15) is 24.3 Å². The Morgan fingerprint density at radius 1 is 1.02 bits per heavy atom. The molecule has 8 atom stereocenters. The third-order valence-corrected chi connectivity index (χ3v) is 14.3. The number of benzene rings is 3. The van der Waals surface area contributed by atoms with Crippen LogP contribution in [0.25, 0.3) is 0 Å². The molecule has 0 amide bonds. The van der Waals surface area contributed by atoms with Crippen molar-refractivity contribution < 1.29 is 48.6 Å². The number of nitrogens with one attached hydrogen (secondary N) is 1. The van der Waals surface area contributed by atoms with Crippen molar-refractivity contribution in [1.82, 2.24) is 15.1 Å². The number of fused-ring (bicyclic) bond motifs is 9. The first-order chi connectivity index (χ1) is 26.3. The van der Waals surface area contributed by atoms with Crippen molar-refractivity contribution in [3.05, 3.63) is 68.3 Å². The van der Waals surface area contributed by atoms with Gasteiger partial charge in [0.25, 0.3) is 0 Å². The van der Waals surface area contributed by atoms with Crippen LogP contribution in [0.3, 0.4) is 0 Å². The molecule has 13 nitrogen and oxygen atoms in total. The molecule has 2 saturated heterocycles. The minimum atomic E-state index is -1.30. The number of ether oxygens (including phenoxy) is 5. The smallest absolute Gasteiger partial charge is 0.331 e. The van der Waals surface area contributed by atoms with Crippen LogP contribution in [-0.2, 0) is 32.7 Å². The number of hydrogen-bond donors (Lipinski definition) is 4. The lowest BCUT2D eigenvalue weighted by Crippen LogP contribution is -2.70. The summed E-state index contributed by atoms with van der Waals surface area (Å²) >= 11 is 1.51. The SMILES string of the molecule is CCC1Cc2cc(O)c(C)cc2[C@@]2(CS[C@@H]3c4c(OC(C)=O)c(C)c5c(c4[C@@H](COC2=O)N2C3[C@@H]3c4c(cc(C)c(OC)c4O)C[C@@H]([C@@H]2O)N3C)OCO5)N1. The summed E-state index contributed by atoms with van der Waals surface area (Å²) in [6.07, 6.45) is 0.788. The highest BCUT2D eigenvalue weighted by molar-refractivity contribution is 7.99. The fraction of sp³-hybridized carbons (Fsp3) is 0.512. The normalized spacial score (nSPS) is 30.5. The van der Waals surface area contributed by atoms with Crippen molar-refractivity contribution in [2.45, 2.75) is 101 Å². The Labute approximate surface area is 323 Å². The number of aromatic hydroxyl groups is 2. The summed E-state index contributed by atoms with van der Waals surface area (Å²) in [6, 6.07) is 3.44. The molecule has 292 valence electrons. The number of rotatable bonds is 3. The molecule has 0 saturated carbocycles. The van der Waals surface area contributed by atoms with Gasteiger partial charge in [0.05, 0.1) is 30.5 Å². The number of aliphatic hydroxyl groups is 1. The van der Waals surface area contributed by atoms with Gasteiger partial charge in [0.2, 0.25) is 6.79 Å². The molecule has 2 unspecified atom stereocenters. The van der Waals surface area contributed by atoms with Crippen molar-refractivity contribution >= 4 is 23.7 Å². The Balaban J connectivity index is 1.33. The van der Waals surface area contributed by atoms with Gasteiger partial charge in [-0.1, -0.05) is 13.0 Å². The van der Waals surface area contributed by atoms with Crippen LogP contribution in [0.5, 0.6) is 34.5 Å². The van der Waals surface area contributed by atoms with Gasteiger partial charge < -0.3 is 39.0 Å². The Morgan fingerprint density at radius 3 is 2.51 bits per heavy atom. The molecule has 14 heteroatoms. The van der Waals surface area contributed by atoms with Crippen LogP contribution in [0.15, 0.2) is 18.2 Å². The number of carbonyl (C=O) groups is 2. The topological polar surface area (TPSA) is 159 Å². The van der Waals surface area contributed by atoms with E-state index in [1.807, 2.05) is 44.9 Å². The second kappa shape index (κ2) is 12.9. The van der Waals surface area contributed by atoms with E-state index in [2.05, 4.69) is 17.1 Å². The summed E-state index contributed by atoms with van der Waals surface area (Å²) < 4.78 is 30.6. The summed E-state index contributed by atoms with van der Waals surface area (Å²) in [4.78, 5) is 32.0. The number of hydrogen-bond acceptors (Lipinski definition) is 14. The largest absolute Gasteiger partial charge is 0.508 e. The Morgan fingerprint density at radius 2 is 1.78 bits per heavy atom. The molecule has 1 spiro atoms. The monoisotopic (exact) mass is 773 g/mol. The second-order valence-electron chi connectivity index (χ2n) is 15.8. The number of phenolic OH excluding ortho intramolecular Hbond substituents is 2. The zero-order chi connectivity index (χ0) is 38.8. The van der Waals surface area contributed by atoms with E-state index in [-0.39, 0.29) is 42.7 Å². The highest BCUT2D eigenvalue weighted by Gasteiger charge is 2.61. The molecule has 3 aromatic rings. The lowest BCUT2D eigenvalue weighted by Gasteiger charge is -2.62. The third-order valence-electron chi connectivity index (χ3n) is 12.9. The van der Waals surface area contributed by atoms with Crippen LogP contribution < -0.4 is 24.3 Å². The molecule has 2 fully saturated rings. The molecule has 0 aromatic heterocycles. The van der Waals surface area contributed by atoms with E-state index in [0.717, 1.165) is 28.7 Å². The van der Waals surface area contributed by atoms with E-state index < -0.39 is 47.1 Å². The number of phenols is 2. The van der Waals surface area contributed by atoms with E-state index in [4.69, 9.17) is 23.7 Å². The summed E-state index contributed by atoms with van der Waals surface area (Å²) in [5.41, 5.74) is 5.35. The number of thioether (sulfide) groups is 1. The summed E-state index contributed by atoms with van der Waals surface area (Å²) in [5, 5.41) is 38.6. The summed E-state index contributed by atoms with van der Waals surface area (Å²) in [7, 11) is 3.52. The zero-order valence-electron chi connectivity index (χ0n) is 32.0. The maximum absolute atomic E-state index is 14.9. The first-order valence-electron chi connectivity index (χ1n) is 18.9. The Bertz CT molecular complexity index is 2160. The first kappa shape index (κ1) is 36.4. The Kier molecular flexibility index (Phi) is 8.56. The molecular weight excluding hydrogens is 727 g/mol. The number of aliphatic hydroxyl groups excluding tert-OH is 1. The fourth-order valence-corrected chi connectivity index (χ4v) is 12.1. The lowest BCUT2D eigenvalue weighted by molar-refractivity contribution is -0.186. The molecule has 0 radical (unpaired) electrons. The second-order valence-corrected chi connectivity index (χ2v) is 17.0. The predicted octanol–water partition coefficient (Wildman–Crippen LogP) is 4.49. The third kappa shape index (κ3) is 5.07. The minimum Gasteiger partial charge on any atom is -0.508 e. The molecule has 3 aromatic carbocycles. The van der Waals surface area contributed by atoms with Gasteiger partial charge in [0.15, 0.2) is 28.5 Å². The maximum Gasteiger partial charge on any atom is 0.331 e. The van der Waals surface area contributed by atoms with Gasteiger partial charge in [-0.2, -0.15) is 0 Å². The highest BCUT2D eigenvalue weighted by Crippen LogP contribution is 2.64. The molecule has 10 rings (SSSR count). The van der Waals surface area contributed by atoms with E-state index in [1.54, 1.807) is 13.2 Å². The molecule has 4 bridgehead atoms. The van der Waals surface area contributed by atoms with Crippen molar-refractivity contribution in [3.63, 3.8) is 0 Å². The Hall–Kier alpha value is -4.21. The average Bonchev–Trinajstić information content (AvgIpc) is 3.64. The first-order valence-corrected chi connectivity index (χ1v) is 20.0. The van der Waals surface area contributed by atoms with Crippen molar-refractivity contribution in [2.75, 3.05) is 33.3 Å². The maximum atomic E-state index is 14.9. The van der Waals surface area contributed by atoms with E-state index in [9.17, 15) is 24.9 Å². The molecule has 4 N–H and O–H groups in total. The predicted molar refractivity (Wildman–Crippen MR) is 202 cm³/mol. The van der Waals surface area contributed by atoms with Crippen LogP contribution in [0.1, 0.15) is 87.7 Å². The standard InChI is InChI=1S/C41H47N3O10S/c1-8-23-11-21-13-27(46)17(2)10-24(21)41(42-23)15-55-38-30-29(37-36(52-16-53-37)19(4)35(30)54-20(5)45)26(14-51-40(41)49)44-32(38)31-28-22(12-25(39(44)48)43(31)6)9-18(3)34(50-7)33(28)47/h9-10,13,23,25-26,31-32,38-39,42,46-48H,8,11-12,14-16H2,1-7H3/t23?,25-,26+,31-,32?,38+,39-,41+/m0/s1. The summed E-state index contributed by atoms with van der Waals surface area (Å²) in [6.45, 7) is 8.78. The van der Waals surface area contributed by atoms with E-state index >= 15 is 0 Å². The number of piperazine rings is 1. The van der Waals surface area contributed by atoms with Gasteiger partial charge in [-0.15, -0.1) is 11.8 Å². The minimum absolute atomic E-state index is 0.0504. The van der Waals surface area contributed by atoms with Gasteiger partial charge in [-0.3, -0.25) is 19.9 Å². The van der Waals surface area contributed by atoms with Gasteiger partial charge in [-0.25, -0.2) is 4.79 Å². The summed E-state index contributed by atoms with van der Waals surface area (Å²) in [5.74, 6) is 1.10. The quantitative estimate of drug-likeness (QED) is 0.218. The number of methoxy groups -OCH3 is 1. The van der Waals surface area contributed by atoms with E-state index in [1.165, 1.54) is 18.7 Å². The highest BCUT2D eigenvalue weighted by atomic mass is 32.2. The molecular formula is C41H47N3O10S. The lowest BCUT2D eigenvalue weighted by atomic mass is 9.73. The van der Waals surface area contributed by atoms with Crippen molar-refractivity contribution in [1.29, 1.82) is 0 Å². The molecule has 7 aliphatic heterocycles. The van der Waals surface area contributed by atoms with Gasteiger partial charge in [-0.05, 0) is 87.0 Å². The number of esters is 2. The molecule has 0 aliphatic carbocycles. The van der Waals surface area contributed by atoms with Crippen LogP contribution in [0.4, 0.5) is 0 Å². The van der Waals surface area contributed by atoms with Crippen LogP contribution >= 0.6 is 11.8 Å². The van der Waals surface area contributed by atoms with Crippen LogP contribution in [0, 0.1) is 20.8 Å². The average molecular weight is 774 g/mol. The van der Waals surface area contributed by atoms with E-state index in [0.29, 0.717) is 63.7 Å². The molecule has 55 heavy (non-hydrogen) atoms. The van der Waals surface area contributed by atoms with Crippen LogP contribution in [0.2, 0.25) is 0 Å². The molecule has 7 heterocycles.